The van der Waals surface area contributed by atoms with Gasteiger partial charge in [-0.2, -0.15) is 0 Å². The molecule has 0 spiro atoms. The molecule has 1 aliphatic heterocycles. The van der Waals surface area contributed by atoms with Crippen molar-refractivity contribution in [2.75, 3.05) is 27.1 Å². The Kier molecular flexibility index (Phi) is 5.46. The fourth-order valence-electron chi connectivity index (χ4n) is 1.79. The molecule has 8 heteroatoms. The Balaban J connectivity index is 1.97. The van der Waals surface area contributed by atoms with E-state index in [0.717, 1.165) is 0 Å². The average molecular weight is 330 g/mol. The van der Waals surface area contributed by atoms with E-state index in [1.54, 1.807) is 0 Å². The summed E-state index contributed by atoms with van der Waals surface area (Å²) in [7, 11) is 1.53. The molecule has 0 aliphatic carbocycles. The van der Waals surface area contributed by atoms with E-state index >= 15 is 0 Å². The summed E-state index contributed by atoms with van der Waals surface area (Å²) in [6.07, 6.45) is -0.937. The fourth-order valence-corrected chi connectivity index (χ4v) is 2.05. The number of nitrogens with one attached hydrogen (secondary N) is 1. The van der Waals surface area contributed by atoms with Gasteiger partial charge in [-0.3, -0.25) is 4.79 Å². The summed E-state index contributed by atoms with van der Waals surface area (Å²) < 4.78 is 20.2. The van der Waals surface area contributed by atoms with Crippen LogP contribution in [-0.4, -0.2) is 45.0 Å². The van der Waals surface area contributed by atoms with Crippen LogP contribution in [0.3, 0.4) is 0 Å². The van der Waals surface area contributed by atoms with Crippen molar-refractivity contribution < 1.29 is 28.5 Å². The number of hydrogen-bond acceptors (Lipinski definition) is 6. The molecule has 1 heterocycles. The van der Waals surface area contributed by atoms with Crippen LogP contribution in [0.2, 0.25) is 5.02 Å². The van der Waals surface area contributed by atoms with Crippen LogP contribution in [0, 0.1) is 0 Å². The topological polar surface area (TPSA) is 83.1 Å². The summed E-state index contributed by atoms with van der Waals surface area (Å²) in [5.74, 6) is -0.313. The van der Waals surface area contributed by atoms with Crippen LogP contribution < -0.4 is 14.8 Å². The highest BCUT2D eigenvalue weighted by atomic mass is 35.5. The van der Waals surface area contributed by atoms with Crippen LogP contribution in [0.15, 0.2) is 12.1 Å². The lowest BCUT2D eigenvalue weighted by Gasteiger charge is -2.13. The Morgan fingerprint density at radius 1 is 1.41 bits per heavy atom. The molecule has 0 unspecified atom stereocenters. The largest absolute Gasteiger partial charge is 0.454 e. The van der Waals surface area contributed by atoms with Gasteiger partial charge in [0.1, 0.15) is 0 Å². The first kappa shape index (κ1) is 16.4. The number of rotatable bonds is 6. The zero-order valence-corrected chi connectivity index (χ0v) is 12.9. The van der Waals surface area contributed by atoms with Gasteiger partial charge in [0.05, 0.1) is 17.2 Å². The second-order valence-electron chi connectivity index (χ2n) is 4.52. The molecular weight excluding hydrogens is 314 g/mol. The van der Waals surface area contributed by atoms with Gasteiger partial charge in [0, 0.05) is 13.7 Å². The molecule has 0 saturated carbocycles. The Morgan fingerprint density at radius 3 is 2.91 bits per heavy atom. The van der Waals surface area contributed by atoms with Gasteiger partial charge in [-0.25, -0.2) is 4.79 Å². The van der Waals surface area contributed by atoms with E-state index in [1.807, 2.05) is 0 Å². The minimum Gasteiger partial charge on any atom is -0.454 e. The maximum absolute atomic E-state index is 12.1. The van der Waals surface area contributed by atoms with Crippen molar-refractivity contribution in [2.45, 2.75) is 13.0 Å². The standard InChI is InChI=1S/C14H16ClNO6/c1-8(13(17)16-3-4-19-2)22-14(18)9-5-10(15)12-11(6-9)20-7-21-12/h5-6,8H,3-4,7H2,1-2H3,(H,16,17)/t8-/m1/s1. The molecule has 22 heavy (non-hydrogen) atoms. The molecule has 120 valence electrons. The predicted octanol–water partition coefficient (Wildman–Crippen LogP) is 1.38. The van der Waals surface area contributed by atoms with Crippen LogP contribution in [0.5, 0.6) is 11.5 Å². The number of hydrogen-bond donors (Lipinski definition) is 1. The predicted molar refractivity (Wildman–Crippen MR) is 77.3 cm³/mol. The Labute approximate surface area is 132 Å². The molecule has 7 nitrogen and oxygen atoms in total. The molecule has 0 fully saturated rings. The third-order valence-electron chi connectivity index (χ3n) is 2.92. The summed E-state index contributed by atoms with van der Waals surface area (Å²) in [6.45, 7) is 2.25. The van der Waals surface area contributed by atoms with Gasteiger partial charge >= 0.3 is 5.97 Å². The van der Waals surface area contributed by atoms with E-state index < -0.39 is 18.0 Å². The van der Waals surface area contributed by atoms with E-state index in [9.17, 15) is 9.59 Å². The highest BCUT2D eigenvalue weighted by Crippen LogP contribution is 2.39. The third-order valence-corrected chi connectivity index (χ3v) is 3.20. The molecule has 1 N–H and O–H groups in total. The van der Waals surface area contributed by atoms with Gasteiger partial charge in [-0.15, -0.1) is 0 Å². The second kappa shape index (κ2) is 7.33. The maximum Gasteiger partial charge on any atom is 0.339 e. The van der Waals surface area contributed by atoms with Crippen molar-refractivity contribution in [3.8, 4) is 11.5 Å². The summed E-state index contributed by atoms with van der Waals surface area (Å²) in [6, 6.07) is 2.87. The quantitative estimate of drug-likeness (QED) is 0.627. The van der Waals surface area contributed by atoms with Gasteiger partial charge in [0.25, 0.3) is 5.91 Å². The zero-order valence-electron chi connectivity index (χ0n) is 12.2. The molecule has 1 amide bonds. The molecule has 1 aromatic carbocycles. The summed E-state index contributed by atoms with van der Waals surface area (Å²) in [4.78, 5) is 23.8. The average Bonchev–Trinajstić information content (AvgIpc) is 2.96. The highest BCUT2D eigenvalue weighted by Gasteiger charge is 2.23. The Morgan fingerprint density at radius 2 is 2.18 bits per heavy atom. The smallest absolute Gasteiger partial charge is 0.339 e. The van der Waals surface area contributed by atoms with Crippen LogP contribution in [0.1, 0.15) is 17.3 Å². The minimum absolute atomic E-state index is 0.0475. The first-order valence-electron chi connectivity index (χ1n) is 6.59. The van der Waals surface area contributed by atoms with Crippen LogP contribution in [0.25, 0.3) is 0 Å². The number of methoxy groups -OCH3 is 1. The lowest BCUT2D eigenvalue weighted by molar-refractivity contribution is -0.129. The van der Waals surface area contributed by atoms with Gasteiger partial charge < -0.3 is 24.3 Å². The SMILES string of the molecule is COCCNC(=O)[C@@H](C)OC(=O)c1cc(Cl)c2c(c1)OCO2. The first-order valence-corrected chi connectivity index (χ1v) is 6.97. The fraction of sp³-hybridized carbons (Fsp3) is 0.429. The molecule has 0 bridgehead atoms. The molecule has 0 aromatic heterocycles. The number of amides is 1. The van der Waals surface area contributed by atoms with E-state index in [1.165, 1.54) is 26.2 Å². The Hall–Kier alpha value is -1.99. The van der Waals surface area contributed by atoms with Gasteiger partial charge in [-0.05, 0) is 19.1 Å². The van der Waals surface area contributed by atoms with Crippen LogP contribution in [0.4, 0.5) is 0 Å². The molecule has 1 aliphatic rings. The van der Waals surface area contributed by atoms with Gasteiger partial charge in [0.15, 0.2) is 17.6 Å². The minimum atomic E-state index is -0.937. The van der Waals surface area contributed by atoms with E-state index in [2.05, 4.69) is 5.32 Å². The molecule has 2 rings (SSSR count). The van der Waals surface area contributed by atoms with Crippen LogP contribution >= 0.6 is 11.6 Å². The van der Waals surface area contributed by atoms with Gasteiger partial charge in [-0.1, -0.05) is 11.6 Å². The number of halogens is 1. The Bertz CT molecular complexity index is 577. The molecule has 0 saturated heterocycles. The van der Waals surface area contributed by atoms with Crippen molar-refractivity contribution in [3.05, 3.63) is 22.7 Å². The molecule has 1 atom stereocenters. The molecular formula is C14H16ClNO6. The number of ether oxygens (including phenoxy) is 4. The number of fused-ring (bicyclic) bond motifs is 1. The summed E-state index contributed by atoms with van der Waals surface area (Å²) >= 11 is 6.00. The number of benzene rings is 1. The van der Waals surface area contributed by atoms with E-state index in [-0.39, 0.29) is 17.4 Å². The van der Waals surface area contributed by atoms with Crippen molar-refractivity contribution >= 4 is 23.5 Å². The number of carbonyl (C=O) groups excluding carboxylic acids is 2. The van der Waals surface area contributed by atoms with Crippen LogP contribution in [-0.2, 0) is 14.3 Å². The molecule has 0 radical (unpaired) electrons. The van der Waals surface area contributed by atoms with Crippen molar-refractivity contribution in [3.63, 3.8) is 0 Å². The maximum atomic E-state index is 12.1. The van der Waals surface area contributed by atoms with E-state index in [0.29, 0.717) is 24.7 Å². The lowest BCUT2D eigenvalue weighted by atomic mass is 10.2. The number of esters is 1. The van der Waals surface area contributed by atoms with Crippen molar-refractivity contribution in [1.82, 2.24) is 5.32 Å². The first-order chi connectivity index (χ1) is 10.5. The monoisotopic (exact) mass is 329 g/mol. The van der Waals surface area contributed by atoms with Crippen molar-refractivity contribution in [1.29, 1.82) is 0 Å². The highest BCUT2D eigenvalue weighted by molar-refractivity contribution is 6.32. The lowest BCUT2D eigenvalue weighted by Crippen LogP contribution is -2.37. The summed E-state index contributed by atoms with van der Waals surface area (Å²) in [5, 5.41) is 2.83. The molecule has 1 aromatic rings. The summed E-state index contributed by atoms with van der Waals surface area (Å²) in [5.41, 5.74) is 0.186. The zero-order chi connectivity index (χ0) is 16.1. The third kappa shape index (κ3) is 3.80. The number of carbonyl (C=O) groups is 2. The van der Waals surface area contributed by atoms with E-state index in [4.69, 9.17) is 30.5 Å². The van der Waals surface area contributed by atoms with Gasteiger partial charge in [0.2, 0.25) is 6.79 Å². The normalized spacial score (nSPS) is 13.6. The van der Waals surface area contributed by atoms with Crippen molar-refractivity contribution in [2.24, 2.45) is 0 Å². The second-order valence-corrected chi connectivity index (χ2v) is 4.93.